The molecule has 3 nitrogen and oxygen atoms in total. The third kappa shape index (κ3) is 5.31. The van der Waals surface area contributed by atoms with Crippen molar-refractivity contribution < 1.29 is 9.84 Å². The summed E-state index contributed by atoms with van der Waals surface area (Å²) >= 11 is 0. The molecule has 0 saturated heterocycles. The Morgan fingerprint density at radius 2 is 1.89 bits per heavy atom. The minimum absolute atomic E-state index is 0.187. The topological polar surface area (TPSA) is 41.5 Å². The van der Waals surface area contributed by atoms with E-state index in [-0.39, 0.29) is 12.6 Å². The second-order valence-electron chi connectivity index (χ2n) is 4.89. The average molecular weight is 265 g/mol. The Balaban J connectivity index is 2.69. The van der Waals surface area contributed by atoms with Gasteiger partial charge in [0, 0.05) is 25.8 Å². The van der Waals surface area contributed by atoms with Gasteiger partial charge in [-0.3, -0.25) is 0 Å². The predicted octanol–water partition coefficient (Wildman–Crippen LogP) is 2.69. The van der Waals surface area contributed by atoms with Crippen LogP contribution in [0.25, 0.3) is 0 Å². The first-order valence-corrected chi connectivity index (χ1v) is 7.19. The second kappa shape index (κ2) is 9.08. The summed E-state index contributed by atoms with van der Waals surface area (Å²) in [5.41, 5.74) is 2.67. The minimum atomic E-state index is 0.187. The third-order valence-electron chi connectivity index (χ3n) is 3.48. The lowest BCUT2D eigenvalue weighted by Gasteiger charge is -2.24. The SMILES string of the molecule is CCc1ccc(C(CC)NC(CCO)COC)cc1. The van der Waals surface area contributed by atoms with Crippen LogP contribution in [0.1, 0.15) is 43.9 Å². The first kappa shape index (κ1) is 16.2. The largest absolute Gasteiger partial charge is 0.396 e. The molecule has 3 heteroatoms. The van der Waals surface area contributed by atoms with Gasteiger partial charge in [-0.05, 0) is 30.4 Å². The lowest BCUT2D eigenvalue weighted by atomic mass is 10.0. The predicted molar refractivity (Wildman–Crippen MR) is 79.4 cm³/mol. The number of hydrogen-bond donors (Lipinski definition) is 2. The van der Waals surface area contributed by atoms with Crippen LogP contribution >= 0.6 is 0 Å². The molecule has 0 radical (unpaired) electrons. The number of hydrogen-bond acceptors (Lipinski definition) is 3. The molecule has 19 heavy (non-hydrogen) atoms. The minimum Gasteiger partial charge on any atom is -0.396 e. The second-order valence-corrected chi connectivity index (χ2v) is 4.89. The van der Waals surface area contributed by atoms with Crippen molar-refractivity contribution in [1.29, 1.82) is 0 Å². The van der Waals surface area contributed by atoms with Gasteiger partial charge < -0.3 is 15.2 Å². The summed E-state index contributed by atoms with van der Waals surface area (Å²) < 4.78 is 5.20. The number of ether oxygens (including phenoxy) is 1. The zero-order valence-electron chi connectivity index (χ0n) is 12.4. The number of methoxy groups -OCH3 is 1. The van der Waals surface area contributed by atoms with Gasteiger partial charge in [0.25, 0.3) is 0 Å². The van der Waals surface area contributed by atoms with E-state index in [4.69, 9.17) is 9.84 Å². The quantitative estimate of drug-likeness (QED) is 0.721. The van der Waals surface area contributed by atoms with Crippen LogP contribution < -0.4 is 5.32 Å². The summed E-state index contributed by atoms with van der Waals surface area (Å²) in [6.45, 7) is 5.16. The van der Waals surface area contributed by atoms with Crippen molar-refractivity contribution in [2.75, 3.05) is 20.3 Å². The summed E-state index contributed by atoms with van der Waals surface area (Å²) in [5, 5.41) is 12.7. The molecule has 1 aromatic rings. The van der Waals surface area contributed by atoms with Crippen molar-refractivity contribution in [1.82, 2.24) is 5.32 Å². The maximum Gasteiger partial charge on any atom is 0.0616 e. The standard InChI is InChI=1S/C16H27NO2/c1-4-13-6-8-14(9-7-13)16(5-2)17-15(10-11-18)12-19-3/h6-9,15-18H,4-5,10-12H2,1-3H3. The highest BCUT2D eigenvalue weighted by Crippen LogP contribution is 2.18. The highest BCUT2D eigenvalue weighted by atomic mass is 16.5. The fraction of sp³-hybridized carbons (Fsp3) is 0.625. The average Bonchev–Trinajstić information content (AvgIpc) is 2.45. The molecule has 2 unspecified atom stereocenters. The Hall–Kier alpha value is -0.900. The number of benzene rings is 1. The lowest BCUT2D eigenvalue weighted by molar-refractivity contribution is 0.142. The molecule has 2 atom stereocenters. The van der Waals surface area contributed by atoms with Gasteiger partial charge in [0.15, 0.2) is 0 Å². The van der Waals surface area contributed by atoms with Gasteiger partial charge in [0.05, 0.1) is 6.61 Å². The summed E-state index contributed by atoms with van der Waals surface area (Å²) in [5.74, 6) is 0. The number of nitrogens with one attached hydrogen (secondary N) is 1. The Kier molecular flexibility index (Phi) is 7.72. The maximum atomic E-state index is 9.09. The zero-order chi connectivity index (χ0) is 14.1. The zero-order valence-corrected chi connectivity index (χ0v) is 12.4. The molecule has 108 valence electrons. The van der Waals surface area contributed by atoms with E-state index >= 15 is 0 Å². The monoisotopic (exact) mass is 265 g/mol. The van der Waals surface area contributed by atoms with Crippen molar-refractivity contribution in [3.8, 4) is 0 Å². The molecule has 0 aliphatic carbocycles. The van der Waals surface area contributed by atoms with E-state index in [1.807, 2.05) is 0 Å². The van der Waals surface area contributed by atoms with E-state index in [9.17, 15) is 0 Å². The number of aliphatic hydroxyl groups excluding tert-OH is 1. The van der Waals surface area contributed by atoms with Crippen LogP contribution in [0.3, 0.4) is 0 Å². The Bertz CT molecular complexity index is 331. The van der Waals surface area contributed by atoms with Crippen LogP contribution in [0.15, 0.2) is 24.3 Å². The van der Waals surface area contributed by atoms with Gasteiger partial charge in [-0.1, -0.05) is 38.1 Å². The summed E-state index contributed by atoms with van der Waals surface area (Å²) in [7, 11) is 1.70. The summed E-state index contributed by atoms with van der Waals surface area (Å²) in [6.07, 6.45) is 2.82. The van der Waals surface area contributed by atoms with Gasteiger partial charge in [0.2, 0.25) is 0 Å². The summed E-state index contributed by atoms with van der Waals surface area (Å²) in [6, 6.07) is 9.29. The van der Waals surface area contributed by atoms with Gasteiger partial charge in [-0.15, -0.1) is 0 Å². The van der Waals surface area contributed by atoms with E-state index in [1.165, 1.54) is 11.1 Å². The molecular formula is C16H27NO2. The van der Waals surface area contributed by atoms with Crippen LogP contribution in [-0.2, 0) is 11.2 Å². The molecule has 0 amide bonds. The van der Waals surface area contributed by atoms with Crippen molar-refractivity contribution in [2.45, 2.75) is 45.2 Å². The van der Waals surface area contributed by atoms with Gasteiger partial charge in [0.1, 0.15) is 0 Å². The van der Waals surface area contributed by atoms with Crippen molar-refractivity contribution in [2.24, 2.45) is 0 Å². The van der Waals surface area contributed by atoms with Crippen LogP contribution in [0, 0.1) is 0 Å². The number of aryl methyl sites for hydroxylation is 1. The van der Waals surface area contributed by atoms with E-state index in [1.54, 1.807) is 7.11 Å². The molecule has 0 fully saturated rings. The normalized spacial score (nSPS) is 14.3. The Morgan fingerprint density at radius 3 is 2.37 bits per heavy atom. The van der Waals surface area contributed by atoms with Crippen LogP contribution in [0.2, 0.25) is 0 Å². The first-order chi connectivity index (χ1) is 9.24. The van der Waals surface area contributed by atoms with E-state index in [2.05, 4.69) is 43.4 Å². The van der Waals surface area contributed by atoms with Gasteiger partial charge >= 0.3 is 0 Å². The Labute approximate surface area is 117 Å². The molecule has 0 heterocycles. The van der Waals surface area contributed by atoms with E-state index in [0.29, 0.717) is 12.6 Å². The summed E-state index contributed by atoms with van der Waals surface area (Å²) in [4.78, 5) is 0. The molecule has 0 bridgehead atoms. The number of aliphatic hydroxyl groups is 1. The van der Waals surface area contributed by atoms with E-state index in [0.717, 1.165) is 19.3 Å². The van der Waals surface area contributed by atoms with Crippen molar-refractivity contribution in [3.05, 3.63) is 35.4 Å². The van der Waals surface area contributed by atoms with Crippen LogP contribution in [0.5, 0.6) is 0 Å². The first-order valence-electron chi connectivity index (χ1n) is 7.19. The Morgan fingerprint density at radius 1 is 1.21 bits per heavy atom. The molecule has 0 aliphatic heterocycles. The fourth-order valence-electron chi connectivity index (χ4n) is 2.29. The van der Waals surface area contributed by atoms with Crippen molar-refractivity contribution >= 4 is 0 Å². The molecule has 1 rings (SSSR count). The van der Waals surface area contributed by atoms with Gasteiger partial charge in [-0.2, -0.15) is 0 Å². The lowest BCUT2D eigenvalue weighted by Crippen LogP contribution is -2.36. The molecule has 1 aromatic carbocycles. The fourth-order valence-corrected chi connectivity index (χ4v) is 2.29. The number of rotatable bonds is 9. The molecular weight excluding hydrogens is 238 g/mol. The maximum absolute atomic E-state index is 9.09. The van der Waals surface area contributed by atoms with Crippen molar-refractivity contribution in [3.63, 3.8) is 0 Å². The van der Waals surface area contributed by atoms with Crippen LogP contribution in [-0.4, -0.2) is 31.5 Å². The molecule has 0 aliphatic rings. The molecule has 0 saturated carbocycles. The molecule has 0 aromatic heterocycles. The molecule has 0 spiro atoms. The highest BCUT2D eigenvalue weighted by Gasteiger charge is 2.15. The molecule has 2 N–H and O–H groups in total. The smallest absolute Gasteiger partial charge is 0.0616 e. The van der Waals surface area contributed by atoms with Crippen LogP contribution in [0.4, 0.5) is 0 Å². The third-order valence-corrected chi connectivity index (χ3v) is 3.48. The van der Waals surface area contributed by atoms with E-state index < -0.39 is 0 Å². The highest BCUT2D eigenvalue weighted by molar-refractivity contribution is 5.25. The van der Waals surface area contributed by atoms with Gasteiger partial charge in [-0.25, -0.2) is 0 Å².